The summed E-state index contributed by atoms with van der Waals surface area (Å²) in [4.78, 5) is 13.7. The smallest absolute Gasteiger partial charge is 0.239 e. The summed E-state index contributed by atoms with van der Waals surface area (Å²) in [6, 6.07) is 5.37. The normalized spacial score (nSPS) is 14.0. The number of likely N-dealkylation sites (N-methyl/N-ethyl adjacent to an activating group) is 1. The van der Waals surface area contributed by atoms with Crippen molar-refractivity contribution in [3.63, 3.8) is 0 Å². The summed E-state index contributed by atoms with van der Waals surface area (Å²) in [5.41, 5.74) is 12.4. The third-order valence-electron chi connectivity index (χ3n) is 3.59. The minimum Gasteiger partial charge on any atom is -0.454 e. The average Bonchev–Trinajstić information content (AvgIpc) is 2.96. The Morgan fingerprint density at radius 2 is 2.14 bits per heavy atom. The molecular formula is C15H23N3O3. The van der Waals surface area contributed by atoms with Gasteiger partial charge in [0.1, 0.15) is 0 Å². The number of ether oxygens (including phenoxy) is 2. The van der Waals surface area contributed by atoms with Gasteiger partial charge >= 0.3 is 0 Å². The van der Waals surface area contributed by atoms with E-state index in [-0.39, 0.29) is 12.7 Å². The SMILES string of the molecule is CN(CCc1ccc2c(c1)OCO2)C(=O)C(N)CCCN. The second-order valence-corrected chi connectivity index (χ2v) is 5.23. The maximum Gasteiger partial charge on any atom is 0.239 e. The molecule has 1 unspecified atom stereocenters. The molecule has 1 aromatic carbocycles. The Labute approximate surface area is 125 Å². The lowest BCUT2D eigenvalue weighted by atomic mass is 10.1. The fourth-order valence-electron chi connectivity index (χ4n) is 2.25. The zero-order chi connectivity index (χ0) is 15.2. The van der Waals surface area contributed by atoms with Crippen LogP contribution in [0.3, 0.4) is 0 Å². The van der Waals surface area contributed by atoms with E-state index in [1.54, 1.807) is 11.9 Å². The lowest BCUT2D eigenvalue weighted by molar-refractivity contribution is -0.131. The number of carbonyl (C=O) groups is 1. The van der Waals surface area contributed by atoms with Crippen LogP contribution in [0.1, 0.15) is 18.4 Å². The highest BCUT2D eigenvalue weighted by Gasteiger charge is 2.18. The van der Waals surface area contributed by atoms with Crippen LogP contribution in [-0.4, -0.2) is 43.8 Å². The highest BCUT2D eigenvalue weighted by Crippen LogP contribution is 2.32. The van der Waals surface area contributed by atoms with E-state index < -0.39 is 6.04 Å². The van der Waals surface area contributed by atoms with Gasteiger partial charge in [0.15, 0.2) is 11.5 Å². The average molecular weight is 293 g/mol. The van der Waals surface area contributed by atoms with Crippen LogP contribution >= 0.6 is 0 Å². The van der Waals surface area contributed by atoms with Gasteiger partial charge in [0.05, 0.1) is 6.04 Å². The first-order valence-corrected chi connectivity index (χ1v) is 7.21. The van der Waals surface area contributed by atoms with E-state index in [2.05, 4.69) is 0 Å². The lowest BCUT2D eigenvalue weighted by Crippen LogP contribution is -2.42. The summed E-state index contributed by atoms with van der Waals surface area (Å²) >= 11 is 0. The van der Waals surface area contributed by atoms with Crippen LogP contribution < -0.4 is 20.9 Å². The summed E-state index contributed by atoms with van der Waals surface area (Å²) in [6.45, 7) is 1.45. The van der Waals surface area contributed by atoms with Crippen LogP contribution in [0.4, 0.5) is 0 Å². The molecule has 21 heavy (non-hydrogen) atoms. The molecule has 1 aromatic rings. The Balaban J connectivity index is 1.83. The second kappa shape index (κ2) is 7.28. The zero-order valence-corrected chi connectivity index (χ0v) is 12.4. The molecule has 6 heteroatoms. The first kappa shape index (κ1) is 15.6. The van der Waals surface area contributed by atoms with E-state index in [0.717, 1.165) is 29.9 Å². The van der Waals surface area contributed by atoms with Crippen molar-refractivity contribution in [3.05, 3.63) is 23.8 Å². The van der Waals surface area contributed by atoms with Gasteiger partial charge in [0.25, 0.3) is 0 Å². The molecule has 0 aromatic heterocycles. The molecule has 116 valence electrons. The zero-order valence-electron chi connectivity index (χ0n) is 12.4. The Hall–Kier alpha value is -1.79. The van der Waals surface area contributed by atoms with Crippen LogP contribution in [0.5, 0.6) is 11.5 Å². The molecule has 0 bridgehead atoms. The summed E-state index contributed by atoms with van der Waals surface area (Å²) < 4.78 is 10.6. The predicted molar refractivity (Wildman–Crippen MR) is 80.2 cm³/mol. The molecule has 0 spiro atoms. The van der Waals surface area contributed by atoms with Gasteiger partial charge in [0, 0.05) is 13.6 Å². The largest absolute Gasteiger partial charge is 0.454 e. The molecule has 1 amide bonds. The van der Waals surface area contributed by atoms with E-state index in [0.29, 0.717) is 19.5 Å². The number of carbonyl (C=O) groups excluding carboxylic acids is 1. The molecule has 2 rings (SSSR count). The van der Waals surface area contributed by atoms with Crippen molar-refractivity contribution in [3.8, 4) is 11.5 Å². The van der Waals surface area contributed by atoms with Crippen molar-refractivity contribution in [2.45, 2.75) is 25.3 Å². The van der Waals surface area contributed by atoms with Gasteiger partial charge in [-0.2, -0.15) is 0 Å². The molecule has 1 atom stereocenters. The third kappa shape index (κ3) is 4.09. The first-order chi connectivity index (χ1) is 10.1. The Kier molecular flexibility index (Phi) is 5.41. The fraction of sp³-hybridized carbons (Fsp3) is 0.533. The molecule has 6 nitrogen and oxygen atoms in total. The van der Waals surface area contributed by atoms with Gasteiger partial charge < -0.3 is 25.8 Å². The van der Waals surface area contributed by atoms with Crippen molar-refractivity contribution in [1.29, 1.82) is 0 Å². The van der Waals surface area contributed by atoms with Crippen molar-refractivity contribution >= 4 is 5.91 Å². The standard InChI is InChI=1S/C15H23N3O3/c1-18(15(19)12(17)3-2-7-16)8-6-11-4-5-13-14(9-11)21-10-20-13/h4-5,9,12H,2-3,6-8,10,16-17H2,1H3. The van der Waals surface area contributed by atoms with Gasteiger partial charge in [-0.25, -0.2) is 0 Å². The molecule has 4 N–H and O–H groups in total. The quantitative estimate of drug-likeness (QED) is 0.763. The number of nitrogens with zero attached hydrogens (tertiary/aromatic N) is 1. The van der Waals surface area contributed by atoms with E-state index in [1.807, 2.05) is 18.2 Å². The van der Waals surface area contributed by atoms with Gasteiger partial charge in [0.2, 0.25) is 12.7 Å². The number of nitrogens with two attached hydrogens (primary N) is 2. The van der Waals surface area contributed by atoms with Gasteiger partial charge in [-0.15, -0.1) is 0 Å². The lowest BCUT2D eigenvalue weighted by Gasteiger charge is -2.21. The van der Waals surface area contributed by atoms with Crippen LogP contribution in [0.2, 0.25) is 0 Å². The maximum atomic E-state index is 12.1. The molecule has 0 radical (unpaired) electrons. The Morgan fingerprint density at radius 1 is 1.38 bits per heavy atom. The molecular weight excluding hydrogens is 270 g/mol. The minimum absolute atomic E-state index is 0.0378. The molecule has 0 saturated heterocycles. The van der Waals surface area contributed by atoms with Crippen molar-refractivity contribution in [1.82, 2.24) is 4.90 Å². The third-order valence-corrected chi connectivity index (χ3v) is 3.59. The monoisotopic (exact) mass is 293 g/mol. The topological polar surface area (TPSA) is 90.8 Å². The van der Waals surface area contributed by atoms with Crippen molar-refractivity contribution in [2.24, 2.45) is 11.5 Å². The number of rotatable bonds is 7. The summed E-state index contributed by atoms with van der Waals surface area (Å²) in [5, 5.41) is 0. The molecule has 1 heterocycles. The molecule has 0 saturated carbocycles. The van der Waals surface area contributed by atoms with Gasteiger partial charge in [-0.3, -0.25) is 4.79 Å². The number of benzene rings is 1. The summed E-state index contributed by atoms with van der Waals surface area (Å²) in [5.74, 6) is 1.50. The number of hydrogen-bond acceptors (Lipinski definition) is 5. The van der Waals surface area contributed by atoms with Crippen molar-refractivity contribution in [2.75, 3.05) is 26.9 Å². The van der Waals surface area contributed by atoms with E-state index >= 15 is 0 Å². The van der Waals surface area contributed by atoms with E-state index in [1.165, 1.54) is 0 Å². The number of fused-ring (bicyclic) bond motifs is 1. The number of amides is 1. The second-order valence-electron chi connectivity index (χ2n) is 5.23. The van der Waals surface area contributed by atoms with Crippen LogP contribution in [0.15, 0.2) is 18.2 Å². The summed E-state index contributed by atoms with van der Waals surface area (Å²) in [6.07, 6.45) is 2.15. The Bertz CT molecular complexity index is 493. The number of hydrogen-bond donors (Lipinski definition) is 2. The van der Waals surface area contributed by atoms with Crippen LogP contribution in [0.25, 0.3) is 0 Å². The van der Waals surface area contributed by atoms with E-state index in [9.17, 15) is 4.79 Å². The highest BCUT2D eigenvalue weighted by atomic mass is 16.7. The molecule has 0 aliphatic carbocycles. The molecule has 1 aliphatic heterocycles. The molecule has 1 aliphatic rings. The highest BCUT2D eigenvalue weighted by molar-refractivity contribution is 5.81. The predicted octanol–water partition coefficient (Wildman–Crippen LogP) is 0.482. The van der Waals surface area contributed by atoms with Gasteiger partial charge in [-0.05, 0) is 43.5 Å². The molecule has 0 fully saturated rings. The van der Waals surface area contributed by atoms with Gasteiger partial charge in [-0.1, -0.05) is 6.07 Å². The summed E-state index contributed by atoms with van der Waals surface area (Å²) in [7, 11) is 1.78. The fourth-order valence-corrected chi connectivity index (χ4v) is 2.25. The van der Waals surface area contributed by atoms with E-state index in [4.69, 9.17) is 20.9 Å². The minimum atomic E-state index is -0.463. The van der Waals surface area contributed by atoms with Crippen LogP contribution in [-0.2, 0) is 11.2 Å². The van der Waals surface area contributed by atoms with Crippen molar-refractivity contribution < 1.29 is 14.3 Å². The Morgan fingerprint density at radius 3 is 2.90 bits per heavy atom. The maximum absolute atomic E-state index is 12.1. The first-order valence-electron chi connectivity index (χ1n) is 7.21. The van der Waals surface area contributed by atoms with Crippen LogP contribution in [0, 0.1) is 0 Å².